The maximum absolute atomic E-state index is 12.3. The summed E-state index contributed by atoms with van der Waals surface area (Å²) >= 11 is 3.31. The summed E-state index contributed by atoms with van der Waals surface area (Å²) in [6.45, 7) is 2.56. The number of hydrogen-bond acceptors (Lipinski definition) is 3. The Labute approximate surface area is 159 Å². The standard InChI is InChI=1S/C19H18BrN3O3/c1-12-4-2-5-14(10-12)22-19(26)21-8-3-9-23-17(24)15-7-6-13(20)11-16(15)18(23)25/h2,4-7,10-11H,3,8-9H2,1H3,(H2,21,22,26). The van der Waals surface area contributed by atoms with Gasteiger partial charge in [-0.3, -0.25) is 14.5 Å². The summed E-state index contributed by atoms with van der Waals surface area (Å²) in [7, 11) is 0. The van der Waals surface area contributed by atoms with Crippen molar-refractivity contribution in [3.63, 3.8) is 0 Å². The maximum atomic E-state index is 12.3. The van der Waals surface area contributed by atoms with Gasteiger partial charge in [0.05, 0.1) is 11.1 Å². The number of halogens is 1. The molecule has 0 aromatic heterocycles. The second-order valence-corrected chi connectivity index (χ2v) is 6.97. The lowest BCUT2D eigenvalue weighted by Gasteiger charge is -2.14. The Kier molecular flexibility index (Phi) is 5.37. The average molecular weight is 416 g/mol. The van der Waals surface area contributed by atoms with Crippen LogP contribution in [-0.2, 0) is 0 Å². The molecule has 6 nitrogen and oxygen atoms in total. The molecule has 0 spiro atoms. The fourth-order valence-corrected chi connectivity index (χ4v) is 3.16. The van der Waals surface area contributed by atoms with Gasteiger partial charge in [-0.15, -0.1) is 0 Å². The first-order chi connectivity index (χ1) is 12.5. The molecule has 0 unspecified atom stereocenters. The maximum Gasteiger partial charge on any atom is 0.319 e. The van der Waals surface area contributed by atoms with Gasteiger partial charge in [0.1, 0.15) is 0 Å². The molecule has 1 aliphatic rings. The van der Waals surface area contributed by atoms with Crippen LogP contribution in [0.3, 0.4) is 0 Å². The Hall–Kier alpha value is -2.67. The van der Waals surface area contributed by atoms with Crippen molar-refractivity contribution in [2.24, 2.45) is 0 Å². The van der Waals surface area contributed by atoms with Crippen LogP contribution in [-0.4, -0.2) is 35.8 Å². The third-order valence-corrected chi connectivity index (χ3v) is 4.55. The molecule has 2 N–H and O–H groups in total. The van der Waals surface area contributed by atoms with Crippen molar-refractivity contribution < 1.29 is 14.4 Å². The summed E-state index contributed by atoms with van der Waals surface area (Å²) in [4.78, 5) is 37.8. The number of hydrogen-bond donors (Lipinski definition) is 2. The highest BCUT2D eigenvalue weighted by Gasteiger charge is 2.34. The first-order valence-corrected chi connectivity index (χ1v) is 9.02. The summed E-state index contributed by atoms with van der Waals surface area (Å²) in [6, 6.07) is 12.2. The van der Waals surface area contributed by atoms with E-state index in [1.54, 1.807) is 18.2 Å². The quantitative estimate of drug-likeness (QED) is 0.578. The lowest BCUT2D eigenvalue weighted by molar-refractivity contribution is 0.0653. The second kappa shape index (κ2) is 7.70. The summed E-state index contributed by atoms with van der Waals surface area (Å²) in [6.07, 6.45) is 0.480. The zero-order valence-electron chi connectivity index (χ0n) is 14.2. The van der Waals surface area contributed by atoms with Crippen molar-refractivity contribution in [2.45, 2.75) is 13.3 Å². The molecule has 2 aromatic carbocycles. The van der Waals surface area contributed by atoms with Crippen molar-refractivity contribution in [3.05, 3.63) is 63.6 Å². The summed E-state index contributed by atoms with van der Waals surface area (Å²) in [5, 5.41) is 5.47. The molecular weight excluding hydrogens is 398 g/mol. The molecule has 0 radical (unpaired) electrons. The number of imide groups is 1. The van der Waals surface area contributed by atoms with E-state index < -0.39 is 0 Å². The minimum Gasteiger partial charge on any atom is -0.338 e. The Morgan fingerprint density at radius 1 is 1.08 bits per heavy atom. The van der Waals surface area contributed by atoms with Crippen LogP contribution in [0.4, 0.5) is 10.5 Å². The Bertz CT molecular complexity index is 882. The van der Waals surface area contributed by atoms with Crippen LogP contribution < -0.4 is 10.6 Å². The van der Waals surface area contributed by atoms with Gasteiger partial charge < -0.3 is 10.6 Å². The zero-order chi connectivity index (χ0) is 18.7. The van der Waals surface area contributed by atoms with Gasteiger partial charge in [-0.2, -0.15) is 0 Å². The SMILES string of the molecule is Cc1cccc(NC(=O)NCCCN2C(=O)c3ccc(Br)cc3C2=O)c1. The molecule has 7 heteroatoms. The van der Waals surface area contributed by atoms with Crippen molar-refractivity contribution in [3.8, 4) is 0 Å². The van der Waals surface area contributed by atoms with E-state index in [0.717, 1.165) is 10.0 Å². The van der Waals surface area contributed by atoms with Gasteiger partial charge in [0.15, 0.2) is 0 Å². The Morgan fingerprint density at radius 3 is 2.62 bits per heavy atom. The zero-order valence-corrected chi connectivity index (χ0v) is 15.8. The molecule has 0 saturated heterocycles. The minimum atomic E-state index is -0.318. The third kappa shape index (κ3) is 3.94. The second-order valence-electron chi connectivity index (χ2n) is 6.06. The number of anilines is 1. The van der Waals surface area contributed by atoms with E-state index in [0.29, 0.717) is 29.8 Å². The van der Waals surface area contributed by atoms with Crippen LogP contribution in [0.2, 0.25) is 0 Å². The van der Waals surface area contributed by atoms with Crippen molar-refractivity contribution in [1.29, 1.82) is 0 Å². The van der Waals surface area contributed by atoms with E-state index in [2.05, 4.69) is 26.6 Å². The van der Waals surface area contributed by atoms with Crippen molar-refractivity contribution >= 4 is 39.5 Å². The van der Waals surface area contributed by atoms with Gasteiger partial charge in [-0.05, 0) is 49.2 Å². The lowest BCUT2D eigenvalue weighted by Crippen LogP contribution is -2.35. The van der Waals surface area contributed by atoms with Gasteiger partial charge >= 0.3 is 6.03 Å². The van der Waals surface area contributed by atoms with Crippen LogP contribution in [0.15, 0.2) is 46.9 Å². The number of carbonyl (C=O) groups excluding carboxylic acids is 3. The molecule has 0 saturated carbocycles. The van der Waals surface area contributed by atoms with Crippen LogP contribution in [0.25, 0.3) is 0 Å². The number of urea groups is 1. The van der Waals surface area contributed by atoms with E-state index in [-0.39, 0.29) is 24.4 Å². The normalized spacial score (nSPS) is 12.9. The number of nitrogens with one attached hydrogen (secondary N) is 2. The van der Waals surface area contributed by atoms with E-state index >= 15 is 0 Å². The minimum absolute atomic E-state index is 0.259. The smallest absolute Gasteiger partial charge is 0.319 e. The first kappa shape index (κ1) is 18.1. The van der Waals surface area contributed by atoms with Gasteiger partial charge in [0, 0.05) is 23.2 Å². The number of nitrogens with zero attached hydrogens (tertiary/aromatic N) is 1. The van der Waals surface area contributed by atoms with Gasteiger partial charge in [0.25, 0.3) is 11.8 Å². The predicted molar refractivity (Wildman–Crippen MR) is 102 cm³/mol. The van der Waals surface area contributed by atoms with Crippen molar-refractivity contribution in [1.82, 2.24) is 10.2 Å². The molecule has 3 rings (SSSR count). The highest BCUT2D eigenvalue weighted by atomic mass is 79.9. The number of aryl methyl sites for hydroxylation is 1. The Balaban J connectivity index is 1.48. The molecule has 26 heavy (non-hydrogen) atoms. The van der Waals surface area contributed by atoms with E-state index in [1.807, 2.05) is 31.2 Å². The van der Waals surface area contributed by atoms with Crippen LogP contribution in [0.1, 0.15) is 32.7 Å². The van der Waals surface area contributed by atoms with Gasteiger partial charge in [-0.1, -0.05) is 28.1 Å². The fraction of sp³-hybridized carbons (Fsp3) is 0.211. The molecule has 2 aromatic rings. The number of rotatable bonds is 5. The van der Waals surface area contributed by atoms with Gasteiger partial charge in [-0.25, -0.2) is 4.79 Å². The molecule has 0 bridgehead atoms. The summed E-state index contributed by atoms with van der Waals surface area (Å²) in [5.41, 5.74) is 2.60. The fourth-order valence-electron chi connectivity index (χ4n) is 2.80. The summed E-state index contributed by atoms with van der Waals surface area (Å²) < 4.78 is 0.758. The highest BCUT2D eigenvalue weighted by Crippen LogP contribution is 2.25. The van der Waals surface area contributed by atoms with Crippen molar-refractivity contribution in [2.75, 3.05) is 18.4 Å². The highest BCUT2D eigenvalue weighted by molar-refractivity contribution is 9.10. The molecule has 0 atom stereocenters. The first-order valence-electron chi connectivity index (χ1n) is 8.23. The molecule has 4 amide bonds. The van der Waals surface area contributed by atoms with Crippen LogP contribution >= 0.6 is 15.9 Å². The molecule has 0 fully saturated rings. The van der Waals surface area contributed by atoms with Gasteiger partial charge in [0.2, 0.25) is 0 Å². The predicted octanol–water partition coefficient (Wildman–Crippen LogP) is 3.57. The van der Waals surface area contributed by atoms with Crippen LogP contribution in [0, 0.1) is 6.92 Å². The van der Waals surface area contributed by atoms with E-state index in [1.165, 1.54) is 4.90 Å². The van der Waals surface area contributed by atoms with E-state index in [4.69, 9.17) is 0 Å². The summed E-state index contributed by atoms with van der Waals surface area (Å²) in [5.74, 6) is -0.586. The number of benzene rings is 2. The molecule has 1 heterocycles. The number of carbonyl (C=O) groups is 3. The molecule has 0 aliphatic carbocycles. The van der Waals surface area contributed by atoms with E-state index in [9.17, 15) is 14.4 Å². The third-order valence-electron chi connectivity index (χ3n) is 4.05. The Morgan fingerprint density at radius 2 is 1.85 bits per heavy atom. The molecule has 134 valence electrons. The topological polar surface area (TPSA) is 78.5 Å². The average Bonchev–Trinajstić information content (AvgIpc) is 2.82. The molecular formula is C19H18BrN3O3. The van der Waals surface area contributed by atoms with Crippen LogP contribution in [0.5, 0.6) is 0 Å². The molecule has 1 aliphatic heterocycles. The number of amides is 4. The lowest BCUT2D eigenvalue weighted by atomic mass is 10.1. The monoisotopic (exact) mass is 415 g/mol. The largest absolute Gasteiger partial charge is 0.338 e. The number of fused-ring (bicyclic) bond motifs is 1.